The van der Waals surface area contributed by atoms with E-state index in [9.17, 15) is 14.4 Å². The van der Waals surface area contributed by atoms with Crippen LogP contribution >= 0.6 is 11.8 Å². The minimum Gasteiger partial charge on any atom is -0.469 e. The average Bonchev–Trinajstić information content (AvgIpc) is 3.49. The highest BCUT2D eigenvalue weighted by atomic mass is 32.2. The number of para-hydroxylation sites is 1. The molecule has 214 valence electrons. The molecular weight excluding hydrogens is 536 g/mol. The second kappa shape index (κ2) is 12.2. The number of benzene rings is 2. The van der Waals surface area contributed by atoms with E-state index in [-0.39, 0.29) is 29.8 Å². The van der Waals surface area contributed by atoms with E-state index in [1.807, 2.05) is 59.5 Å². The fourth-order valence-electron chi connectivity index (χ4n) is 6.05. The molecule has 3 aliphatic rings. The first-order chi connectivity index (χ1) is 20.0. The number of aromatic nitrogens is 2. The molecule has 0 spiro atoms. The summed E-state index contributed by atoms with van der Waals surface area (Å²) in [5, 5.41) is 1.27. The van der Waals surface area contributed by atoms with Gasteiger partial charge in [-0.15, -0.1) is 0 Å². The lowest BCUT2D eigenvalue weighted by Crippen LogP contribution is -2.55. The lowest BCUT2D eigenvalue weighted by molar-refractivity contribution is -0.142. The van der Waals surface area contributed by atoms with Crippen LogP contribution in [0, 0.1) is 5.92 Å². The van der Waals surface area contributed by atoms with Crippen molar-refractivity contribution < 1.29 is 14.3 Å². The van der Waals surface area contributed by atoms with Gasteiger partial charge >= 0.3 is 5.97 Å². The standard InChI is InChI=1S/C32H36N4O4S/c1-40-29(37)17-22-11-13-23(14-12-22)18-34-19-24(20-34)30(38)35-16-15-28-27(21-35)31(39)36(25-7-3-2-4-8-25)32(33-28)41-26-9-5-6-10-26/h2-4,7-8,11-14,24,26H,5-6,9-10,15-21H2,1H3. The van der Waals surface area contributed by atoms with E-state index in [2.05, 4.69) is 4.90 Å². The molecule has 41 heavy (non-hydrogen) atoms. The summed E-state index contributed by atoms with van der Waals surface area (Å²) in [5.74, 6) is -0.188. The summed E-state index contributed by atoms with van der Waals surface area (Å²) in [4.78, 5) is 48.0. The molecule has 0 N–H and O–H groups in total. The van der Waals surface area contributed by atoms with Crippen LogP contribution in [0.1, 0.15) is 48.1 Å². The molecule has 1 aliphatic carbocycles. The summed E-state index contributed by atoms with van der Waals surface area (Å²) in [5.41, 5.74) is 4.34. The molecule has 1 amide bonds. The fraction of sp³-hybridized carbons (Fsp3) is 0.438. The van der Waals surface area contributed by atoms with E-state index in [1.54, 1.807) is 16.3 Å². The number of rotatable bonds is 8. The van der Waals surface area contributed by atoms with Gasteiger partial charge in [0.25, 0.3) is 5.56 Å². The van der Waals surface area contributed by atoms with Crippen LogP contribution in [0.2, 0.25) is 0 Å². The summed E-state index contributed by atoms with van der Waals surface area (Å²) >= 11 is 1.73. The number of hydrogen-bond acceptors (Lipinski definition) is 7. The second-order valence-electron chi connectivity index (χ2n) is 11.3. The summed E-state index contributed by atoms with van der Waals surface area (Å²) < 4.78 is 6.50. The summed E-state index contributed by atoms with van der Waals surface area (Å²) in [6.07, 6.45) is 5.66. The Morgan fingerprint density at radius 2 is 1.71 bits per heavy atom. The molecule has 1 saturated heterocycles. The van der Waals surface area contributed by atoms with Crippen molar-refractivity contribution in [3.8, 4) is 5.69 Å². The number of likely N-dealkylation sites (tertiary alicyclic amines) is 1. The zero-order chi connectivity index (χ0) is 28.3. The molecule has 0 bridgehead atoms. The maximum atomic E-state index is 13.9. The summed E-state index contributed by atoms with van der Waals surface area (Å²) in [6.45, 7) is 3.09. The Morgan fingerprint density at radius 3 is 2.41 bits per heavy atom. The molecule has 6 rings (SSSR count). The minimum atomic E-state index is -0.250. The lowest BCUT2D eigenvalue weighted by atomic mass is 9.95. The molecule has 0 atom stereocenters. The quantitative estimate of drug-likeness (QED) is 0.298. The summed E-state index contributed by atoms with van der Waals surface area (Å²) in [6, 6.07) is 17.7. The highest BCUT2D eigenvalue weighted by Crippen LogP contribution is 2.35. The molecule has 2 aliphatic heterocycles. The van der Waals surface area contributed by atoms with Crippen LogP contribution < -0.4 is 5.56 Å². The third-order valence-corrected chi connectivity index (χ3v) is 9.70. The van der Waals surface area contributed by atoms with Gasteiger partial charge in [-0.1, -0.05) is 67.1 Å². The molecule has 0 unspecified atom stereocenters. The molecular formula is C32H36N4O4S. The zero-order valence-corrected chi connectivity index (χ0v) is 24.3. The largest absolute Gasteiger partial charge is 0.469 e. The van der Waals surface area contributed by atoms with Crippen LogP contribution in [-0.4, -0.2) is 63.2 Å². The van der Waals surface area contributed by atoms with Gasteiger partial charge in [0.15, 0.2) is 5.16 Å². The molecule has 2 fully saturated rings. The number of esters is 1. The van der Waals surface area contributed by atoms with Crippen molar-refractivity contribution in [3.63, 3.8) is 0 Å². The molecule has 2 aromatic carbocycles. The molecule has 0 radical (unpaired) electrons. The Kier molecular flexibility index (Phi) is 8.25. The zero-order valence-electron chi connectivity index (χ0n) is 23.5. The Bertz CT molecular complexity index is 1460. The van der Waals surface area contributed by atoms with E-state index in [0.717, 1.165) is 47.1 Å². The molecule has 1 aromatic heterocycles. The predicted molar refractivity (Wildman–Crippen MR) is 158 cm³/mol. The van der Waals surface area contributed by atoms with Gasteiger partial charge in [-0.05, 0) is 36.1 Å². The van der Waals surface area contributed by atoms with Crippen molar-refractivity contribution in [1.29, 1.82) is 0 Å². The van der Waals surface area contributed by atoms with Gasteiger partial charge in [-0.3, -0.25) is 23.9 Å². The van der Waals surface area contributed by atoms with Crippen LogP contribution in [0.15, 0.2) is 64.5 Å². The van der Waals surface area contributed by atoms with Gasteiger partial charge in [0, 0.05) is 37.8 Å². The minimum absolute atomic E-state index is 0.0509. The Hall–Kier alpha value is -3.43. The van der Waals surface area contributed by atoms with Gasteiger partial charge in [0.2, 0.25) is 5.91 Å². The van der Waals surface area contributed by atoms with E-state index in [0.29, 0.717) is 43.4 Å². The smallest absolute Gasteiger partial charge is 0.309 e. The Labute approximate surface area is 244 Å². The summed E-state index contributed by atoms with van der Waals surface area (Å²) in [7, 11) is 1.39. The topological polar surface area (TPSA) is 84.7 Å². The maximum Gasteiger partial charge on any atom is 0.309 e. The number of hydrogen-bond donors (Lipinski definition) is 0. The number of methoxy groups -OCH3 is 1. The molecule has 8 nitrogen and oxygen atoms in total. The van der Waals surface area contributed by atoms with Crippen molar-refractivity contribution in [2.24, 2.45) is 5.92 Å². The van der Waals surface area contributed by atoms with Crippen LogP contribution in [0.4, 0.5) is 0 Å². The van der Waals surface area contributed by atoms with E-state index in [4.69, 9.17) is 9.72 Å². The van der Waals surface area contributed by atoms with Crippen molar-refractivity contribution in [1.82, 2.24) is 19.4 Å². The Morgan fingerprint density at radius 1 is 1.00 bits per heavy atom. The molecule has 9 heteroatoms. The monoisotopic (exact) mass is 572 g/mol. The first-order valence-corrected chi connectivity index (χ1v) is 15.4. The van der Waals surface area contributed by atoms with E-state index >= 15 is 0 Å². The lowest BCUT2D eigenvalue weighted by Gasteiger charge is -2.41. The normalized spacial score (nSPS) is 17.7. The van der Waals surface area contributed by atoms with Crippen LogP contribution in [0.25, 0.3) is 5.69 Å². The van der Waals surface area contributed by atoms with Gasteiger partial charge in [0.1, 0.15) is 0 Å². The van der Waals surface area contributed by atoms with Gasteiger partial charge < -0.3 is 9.64 Å². The number of carbonyl (C=O) groups excluding carboxylic acids is 2. The molecule has 3 aromatic rings. The van der Waals surface area contributed by atoms with Crippen LogP contribution in [0.5, 0.6) is 0 Å². The maximum absolute atomic E-state index is 13.9. The number of carbonyl (C=O) groups is 2. The van der Waals surface area contributed by atoms with Crippen LogP contribution in [0.3, 0.4) is 0 Å². The fourth-order valence-corrected chi connectivity index (χ4v) is 7.38. The first-order valence-electron chi connectivity index (χ1n) is 14.5. The number of amides is 1. The van der Waals surface area contributed by atoms with Crippen molar-refractivity contribution in [3.05, 3.63) is 87.3 Å². The first kappa shape index (κ1) is 27.7. The highest BCUT2D eigenvalue weighted by molar-refractivity contribution is 7.99. The van der Waals surface area contributed by atoms with Crippen LogP contribution in [-0.2, 0) is 40.3 Å². The van der Waals surface area contributed by atoms with Gasteiger partial charge in [-0.25, -0.2) is 4.98 Å². The van der Waals surface area contributed by atoms with E-state index < -0.39 is 0 Å². The third kappa shape index (κ3) is 6.11. The highest BCUT2D eigenvalue weighted by Gasteiger charge is 2.37. The second-order valence-corrected chi connectivity index (χ2v) is 12.6. The number of ether oxygens (including phenoxy) is 1. The average molecular weight is 573 g/mol. The SMILES string of the molecule is COC(=O)Cc1ccc(CN2CC(C(=O)N3CCc4nc(SC5CCCC5)n(-c5ccccc5)c(=O)c4C3)C2)cc1. The third-order valence-electron chi connectivity index (χ3n) is 8.41. The van der Waals surface area contributed by atoms with Crippen molar-refractivity contribution in [2.75, 3.05) is 26.7 Å². The number of thioether (sulfide) groups is 1. The van der Waals surface area contributed by atoms with Gasteiger partial charge in [0.05, 0.1) is 42.9 Å². The molecule has 1 saturated carbocycles. The Balaban J connectivity index is 1.12. The number of fused-ring (bicyclic) bond motifs is 1. The van der Waals surface area contributed by atoms with Crippen molar-refractivity contribution >= 4 is 23.6 Å². The van der Waals surface area contributed by atoms with Gasteiger partial charge in [-0.2, -0.15) is 0 Å². The van der Waals surface area contributed by atoms with E-state index in [1.165, 1.54) is 20.0 Å². The number of nitrogens with zero attached hydrogens (tertiary/aromatic N) is 4. The van der Waals surface area contributed by atoms with Crippen molar-refractivity contribution in [2.45, 2.75) is 62.0 Å². The predicted octanol–water partition coefficient (Wildman–Crippen LogP) is 4.00. The molecule has 3 heterocycles.